The third-order valence-electron chi connectivity index (χ3n) is 5.23. The Morgan fingerprint density at radius 3 is 2.75 bits per heavy atom. The topological polar surface area (TPSA) is 51.7 Å². The van der Waals surface area contributed by atoms with E-state index in [0.29, 0.717) is 19.1 Å². The number of aromatic nitrogens is 1. The van der Waals surface area contributed by atoms with E-state index in [-0.39, 0.29) is 12.0 Å². The number of carbonyl (C=O) groups is 1. The Labute approximate surface area is 170 Å². The molecule has 0 bridgehead atoms. The summed E-state index contributed by atoms with van der Waals surface area (Å²) in [7, 11) is 0. The molecule has 1 aromatic carbocycles. The molecule has 6 heteroatoms. The minimum absolute atomic E-state index is 0.0557. The fourth-order valence-corrected chi connectivity index (χ4v) is 4.73. The molecule has 0 saturated carbocycles. The second-order valence-electron chi connectivity index (χ2n) is 7.51. The van der Waals surface area contributed by atoms with E-state index in [1.807, 2.05) is 43.0 Å². The predicted octanol–water partition coefficient (Wildman–Crippen LogP) is 4.40. The molecule has 0 N–H and O–H groups in total. The molecule has 148 valence electrons. The fraction of sp³-hybridized carbons (Fsp3) is 0.455. The predicted molar refractivity (Wildman–Crippen MR) is 110 cm³/mol. The first kappa shape index (κ1) is 19.0. The van der Waals surface area contributed by atoms with Crippen LogP contribution in [-0.4, -0.2) is 41.6 Å². The van der Waals surface area contributed by atoms with Gasteiger partial charge in [0.05, 0.1) is 17.2 Å². The van der Waals surface area contributed by atoms with Crippen LogP contribution in [0.15, 0.2) is 36.4 Å². The number of hydrogen-bond donors (Lipinski definition) is 0. The molecule has 5 nitrogen and oxygen atoms in total. The SMILES string of the molecule is Cc1nc(C)c(C(=O)N(C[C@H]2CC=CCC2)C[C@@H]2COc3ccccc3O2)s1. The van der Waals surface area contributed by atoms with Crippen LogP contribution in [0.3, 0.4) is 0 Å². The molecule has 1 aliphatic heterocycles. The number of carbonyl (C=O) groups excluding carboxylic acids is 1. The molecule has 1 aromatic heterocycles. The van der Waals surface area contributed by atoms with Gasteiger partial charge in [0.1, 0.15) is 11.5 Å². The van der Waals surface area contributed by atoms with Crippen molar-refractivity contribution in [1.29, 1.82) is 0 Å². The zero-order valence-electron chi connectivity index (χ0n) is 16.4. The van der Waals surface area contributed by atoms with Crippen LogP contribution in [-0.2, 0) is 0 Å². The molecule has 1 amide bonds. The molecule has 0 unspecified atom stereocenters. The van der Waals surface area contributed by atoms with Crippen molar-refractivity contribution in [1.82, 2.24) is 9.88 Å². The van der Waals surface area contributed by atoms with Gasteiger partial charge < -0.3 is 14.4 Å². The monoisotopic (exact) mass is 398 g/mol. The van der Waals surface area contributed by atoms with Gasteiger partial charge in [0.2, 0.25) is 0 Å². The minimum atomic E-state index is -0.174. The van der Waals surface area contributed by atoms with Gasteiger partial charge in [-0.15, -0.1) is 11.3 Å². The lowest BCUT2D eigenvalue weighted by atomic mass is 9.93. The van der Waals surface area contributed by atoms with Gasteiger partial charge >= 0.3 is 0 Å². The second kappa shape index (κ2) is 8.35. The summed E-state index contributed by atoms with van der Waals surface area (Å²) in [4.78, 5) is 20.5. The standard InChI is InChI=1S/C22H26N2O3S/c1-15-21(28-16(2)23-15)22(25)24(12-17-8-4-3-5-9-17)13-18-14-26-19-10-6-7-11-20(19)27-18/h3-4,6-7,10-11,17-18H,5,8-9,12-14H2,1-2H3/t17-,18+/m0/s1. The van der Waals surface area contributed by atoms with E-state index in [4.69, 9.17) is 9.47 Å². The molecule has 1 aliphatic carbocycles. The lowest BCUT2D eigenvalue weighted by Gasteiger charge is -2.33. The van der Waals surface area contributed by atoms with E-state index >= 15 is 0 Å². The highest BCUT2D eigenvalue weighted by Crippen LogP contribution is 2.31. The van der Waals surface area contributed by atoms with Crippen LogP contribution in [0.5, 0.6) is 11.5 Å². The number of ether oxygens (including phenoxy) is 2. The quantitative estimate of drug-likeness (QED) is 0.701. The zero-order chi connectivity index (χ0) is 19.5. The molecule has 2 heterocycles. The van der Waals surface area contributed by atoms with Crippen molar-refractivity contribution in [3.8, 4) is 11.5 Å². The van der Waals surface area contributed by atoms with E-state index in [1.54, 1.807) is 0 Å². The smallest absolute Gasteiger partial charge is 0.265 e. The van der Waals surface area contributed by atoms with E-state index < -0.39 is 0 Å². The van der Waals surface area contributed by atoms with E-state index in [0.717, 1.165) is 52.9 Å². The summed E-state index contributed by atoms with van der Waals surface area (Å²) in [6.45, 7) is 5.56. The van der Waals surface area contributed by atoms with Crippen LogP contribution in [0.2, 0.25) is 0 Å². The summed E-state index contributed by atoms with van der Waals surface area (Å²) in [5.74, 6) is 2.06. The first-order valence-electron chi connectivity index (χ1n) is 9.87. The van der Waals surface area contributed by atoms with E-state index in [1.165, 1.54) is 11.3 Å². The number of aryl methyl sites for hydroxylation is 2. The van der Waals surface area contributed by atoms with Gasteiger partial charge in [0.15, 0.2) is 17.6 Å². The van der Waals surface area contributed by atoms with Crippen LogP contribution in [0.1, 0.15) is 39.6 Å². The third-order valence-corrected chi connectivity index (χ3v) is 6.29. The van der Waals surface area contributed by atoms with Gasteiger partial charge in [0, 0.05) is 6.54 Å². The summed E-state index contributed by atoms with van der Waals surface area (Å²) in [5, 5.41) is 0.924. The number of thiazole rings is 1. The van der Waals surface area contributed by atoms with Crippen molar-refractivity contribution >= 4 is 17.2 Å². The molecule has 0 saturated heterocycles. The highest BCUT2D eigenvalue weighted by Gasteiger charge is 2.29. The number of para-hydroxylation sites is 2. The van der Waals surface area contributed by atoms with Crippen LogP contribution < -0.4 is 9.47 Å². The molecule has 4 rings (SSSR count). The third kappa shape index (κ3) is 4.22. The normalized spacial score (nSPS) is 20.8. The summed E-state index contributed by atoms with van der Waals surface area (Å²) in [6.07, 6.45) is 7.51. The second-order valence-corrected chi connectivity index (χ2v) is 8.71. The fourth-order valence-electron chi connectivity index (χ4n) is 3.85. The Kier molecular flexibility index (Phi) is 5.67. The van der Waals surface area contributed by atoms with Crippen molar-refractivity contribution in [3.63, 3.8) is 0 Å². The lowest BCUT2D eigenvalue weighted by Crippen LogP contribution is -2.45. The first-order chi connectivity index (χ1) is 13.6. The van der Waals surface area contributed by atoms with Crippen molar-refractivity contribution in [3.05, 3.63) is 52.0 Å². The molecule has 2 aromatic rings. The Bertz CT molecular complexity index is 876. The molecule has 28 heavy (non-hydrogen) atoms. The highest BCUT2D eigenvalue weighted by molar-refractivity contribution is 7.13. The van der Waals surface area contributed by atoms with Crippen molar-refractivity contribution in [2.24, 2.45) is 5.92 Å². The molecular weight excluding hydrogens is 372 g/mol. The molecule has 2 aliphatic rings. The maximum absolute atomic E-state index is 13.4. The number of hydrogen-bond acceptors (Lipinski definition) is 5. The Balaban J connectivity index is 1.52. The van der Waals surface area contributed by atoms with Gasteiger partial charge in [-0.2, -0.15) is 0 Å². The van der Waals surface area contributed by atoms with Crippen LogP contribution in [0, 0.1) is 19.8 Å². The number of rotatable bonds is 5. The van der Waals surface area contributed by atoms with Crippen molar-refractivity contribution in [2.75, 3.05) is 19.7 Å². The molecular formula is C22H26N2O3S. The maximum Gasteiger partial charge on any atom is 0.265 e. The molecule has 0 spiro atoms. The average molecular weight is 399 g/mol. The van der Waals surface area contributed by atoms with Crippen LogP contribution >= 0.6 is 11.3 Å². The van der Waals surface area contributed by atoms with E-state index in [2.05, 4.69) is 17.1 Å². The number of amides is 1. The average Bonchev–Trinajstić information content (AvgIpc) is 3.05. The Hall–Kier alpha value is -2.34. The van der Waals surface area contributed by atoms with Crippen molar-refractivity contribution in [2.45, 2.75) is 39.2 Å². The summed E-state index contributed by atoms with van der Waals surface area (Å²) < 4.78 is 12.0. The van der Waals surface area contributed by atoms with Gasteiger partial charge in [-0.3, -0.25) is 4.79 Å². The number of benzene rings is 1. The lowest BCUT2D eigenvalue weighted by molar-refractivity contribution is 0.0424. The van der Waals surface area contributed by atoms with Gasteiger partial charge in [-0.05, 0) is 51.2 Å². The van der Waals surface area contributed by atoms with Gasteiger partial charge in [-0.25, -0.2) is 4.98 Å². The number of allylic oxidation sites excluding steroid dienone is 2. The van der Waals surface area contributed by atoms with Gasteiger partial charge in [0.25, 0.3) is 5.91 Å². The summed E-state index contributed by atoms with van der Waals surface area (Å²) in [5.41, 5.74) is 0.812. The molecule has 0 radical (unpaired) electrons. The Morgan fingerprint density at radius 1 is 1.21 bits per heavy atom. The van der Waals surface area contributed by atoms with Crippen molar-refractivity contribution < 1.29 is 14.3 Å². The summed E-state index contributed by atoms with van der Waals surface area (Å²) in [6, 6.07) is 7.69. The molecule has 2 atom stereocenters. The summed E-state index contributed by atoms with van der Waals surface area (Å²) >= 11 is 1.48. The zero-order valence-corrected chi connectivity index (χ0v) is 17.2. The van der Waals surface area contributed by atoms with Crippen LogP contribution in [0.25, 0.3) is 0 Å². The maximum atomic E-state index is 13.4. The number of nitrogens with zero attached hydrogens (tertiary/aromatic N) is 2. The number of fused-ring (bicyclic) bond motifs is 1. The molecule has 0 fully saturated rings. The largest absolute Gasteiger partial charge is 0.486 e. The Morgan fingerprint density at radius 2 is 2.04 bits per heavy atom. The highest BCUT2D eigenvalue weighted by atomic mass is 32.1. The minimum Gasteiger partial charge on any atom is -0.486 e. The van der Waals surface area contributed by atoms with Gasteiger partial charge in [-0.1, -0.05) is 24.3 Å². The van der Waals surface area contributed by atoms with E-state index in [9.17, 15) is 4.79 Å². The first-order valence-corrected chi connectivity index (χ1v) is 10.7. The van der Waals surface area contributed by atoms with Crippen LogP contribution in [0.4, 0.5) is 0 Å².